The second-order valence-corrected chi connectivity index (χ2v) is 10.6. The number of nitrogens with zero attached hydrogens (tertiary/aromatic N) is 2. The van der Waals surface area contributed by atoms with E-state index in [9.17, 15) is 18.0 Å². The Morgan fingerprint density at radius 1 is 1.00 bits per heavy atom. The van der Waals surface area contributed by atoms with Crippen LogP contribution < -0.4 is 14.4 Å². The van der Waals surface area contributed by atoms with Gasteiger partial charge in [-0.1, -0.05) is 50.6 Å². The highest BCUT2D eigenvalue weighted by atomic mass is 32.2. The first-order valence-corrected chi connectivity index (χ1v) is 14.3. The number of anilines is 1. The van der Waals surface area contributed by atoms with Crippen molar-refractivity contribution >= 4 is 27.5 Å². The van der Waals surface area contributed by atoms with Crippen LogP contribution in [-0.2, 0) is 26.2 Å². The molecule has 2 amide bonds. The molecule has 9 heteroatoms. The van der Waals surface area contributed by atoms with Crippen LogP contribution in [0.15, 0.2) is 54.6 Å². The average molecular weight is 518 g/mol. The van der Waals surface area contributed by atoms with Gasteiger partial charge in [0.2, 0.25) is 21.8 Å². The normalized spacial score (nSPS) is 12.0. The summed E-state index contributed by atoms with van der Waals surface area (Å²) in [6.07, 6.45) is 3.91. The van der Waals surface area contributed by atoms with Crippen molar-refractivity contribution in [1.29, 1.82) is 0 Å². The van der Waals surface area contributed by atoms with Crippen LogP contribution in [0.3, 0.4) is 0 Å². The lowest BCUT2D eigenvalue weighted by atomic mass is 10.1. The number of hydrogen-bond acceptors (Lipinski definition) is 5. The van der Waals surface area contributed by atoms with Crippen LogP contribution in [-0.4, -0.2) is 57.6 Å². The topological polar surface area (TPSA) is 96.0 Å². The van der Waals surface area contributed by atoms with Crippen molar-refractivity contribution in [1.82, 2.24) is 10.2 Å². The van der Waals surface area contributed by atoms with E-state index in [1.165, 1.54) is 4.31 Å². The molecule has 0 saturated heterocycles. The molecule has 8 nitrogen and oxygen atoms in total. The van der Waals surface area contributed by atoms with Crippen molar-refractivity contribution < 1.29 is 22.7 Å². The van der Waals surface area contributed by atoms with Crippen molar-refractivity contribution in [3.8, 4) is 5.75 Å². The molecule has 36 heavy (non-hydrogen) atoms. The summed E-state index contributed by atoms with van der Waals surface area (Å²) in [4.78, 5) is 27.9. The maximum Gasteiger partial charge on any atom is 0.242 e. The minimum atomic E-state index is -3.55. The number of carbonyl (C=O) groups is 2. The van der Waals surface area contributed by atoms with Crippen molar-refractivity contribution in [2.24, 2.45) is 0 Å². The van der Waals surface area contributed by atoms with Crippen LogP contribution in [0.2, 0.25) is 0 Å². The standard InChI is InChI=1S/C27H39N3O5S/c1-5-7-19-28-27(32)25(6-2)29(21-22-12-9-8-10-13-22)26(31)14-11-20-30(36(4,33)34)23-15-17-24(35-3)18-16-23/h8-10,12-13,15-18,25H,5-7,11,14,19-21H2,1-4H3,(H,28,32). The fourth-order valence-electron chi connectivity index (χ4n) is 3.96. The van der Waals surface area contributed by atoms with Crippen molar-refractivity contribution in [2.75, 3.05) is 30.8 Å². The molecule has 0 aliphatic rings. The smallest absolute Gasteiger partial charge is 0.242 e. The van der Waals surface area contributed by atoms with Crippen LogP contribution in [0.1, 0.15) is 51.5 Å². The summed E-state index contributed by atoms with van der Waals surface area (Å²) in [6, 6.07) is 15.7. The minimum absolute atomic E-state index is 0.119. The van der Waals surface area contributed by atoms with E-state index in [0.29, 0.717) is 37.4 Å². The van der Waals surface area contributed by atoms with E-state index in [2.05, 4.69) is 12.2 Å². The van der Waals surface area contributed by atoms with Crippen LogP contribution in [0.25, 0.3) is 0 Å². The molecule has 0 aliphatic heterocycles. The summed E-state index contributed by atoms with van der Waals surface area (Å²) in [5, 5.41) is 2.95. The molecular formula is C27H39N3O5S. The predicted octanol–water partition coefficient (Wildman–Crippen LogP) is 3.97. The monoisotopic (exact) mass is 517 g/mol. The number of ether oxygens (including phenoxy) is 1. The molecule has 0 aromatic heterocycles. The molecule has 0 heterocycles. The first kappa shape index (κ1) is 29.2. The van der Waals surface area contributed by atoms with Gasteiger partial charge in [0.1, 0.15) is 11.8 Å². The van der Waals surface area contributed by atoms with Gasteiger partial charge in [-0.15, -0.1) is 0 Å². The third-order valence-electron chi connectivity index (χ3n) is 5.92. The van der Waals surface area contributed by atoms with E-state index in [4.69, 9.17) is 4.74 Å². The van der Waals surface area contributed by atoms with Gasteiger partial charge in [-0.3, -0.25) is 13.9 Å². The first-order valence-electron chi connectivity index (χ1n) is 12.4. The largest absolute Gasteiger partial charge is 0.497 e. The Hall–Kier alpha value is -3.07. The maximum atomic E-state index is 13.4. The average Bonchev–Trinajstić information content (AvgIpc) is 2.86. The number of amides is 2. The molecule has 198 valence electrons. The van der Waals surface area contributed by atoms with Crippen LogP contribution in [0, 0.1) is 0 Å². The molecule has 0 fully saturated rings. The molecule has 1 N–H and O–H groups in total. The van der Waals surface area contributed by atoms with Gasteiger partial charge in [0, 0.05) is 26.1 Å². The number of unbranched alkanes of at least 4 members (excludes halogenated alkanes) is 1. The summed E-state index contributed by atoms with van der Waals surface area (Å²) in [7, 11) is -2.00. The van der Waals surface area contributed by atoms with Gasteiger partial charge in [0.15, 0.2) is 0 Å². The second kappa shape index (κ2) is 14.5. The van der Waals surface area contributed by atoms with Gasteiger partial charge in [-0.05, 0) is 49.1 Å². The van der Waals surface area contributed by atoms with E-state index < -0.39 is 16.1 Å². The van der Waals surface area contributed by atoms with Gasteiger partial charge in [-0.25, -0.2) is 8.42 Å². The summed E-state index contributed by atoms with van der Waals surface area (Å²) in [6.45, 7) is 4.98. The Bertz CT molecular complexity index is 1060. The van der Waals surface area contributed by atoms with Crippen LogP contribution in [0.4, 0.5) is 5.69 Å². The third-order valence-corrected chi connectivity index (χ3v) is 7.12. The lowest BCUT2D eigenvalue weighted by Gasteiger charge is -2.31. The van der Waals surface area contributed by atoms with E-state index in [1.807, 2.05) is 37.3 Å². The van der Waals surface area contributed by atoms with Crippen LogP contribution in [0.5, 0.6) is 5.75 Å². The fraction of sp³-hybridized carbons (Fsp3) is 0.481. The molecule has 2 aromatic carbocycles. The van der Waals surface area contributed by atoms with E-state index in [-0.39, 0.29) is 24.8 Å². The molecular weight excluding hydrogens is 478 g/mol. The molecule has 0 radical (unpaired) electrons. The molecule has 1 atom stereocenters. The molecule has 0 saturated carbocycles. The summed E-state index contributed by atoms with van der Waals surface area (Å²) in [5.74, 6) is 0.285. The van der Waals surface area contributed by atoms with Crippen molar-refractivity contribution in [3.63, 3.8) is 0 Å². The van der Waals surface area contributed by atoms with Gasteiger partial charge in [0.25, 0.3) is 0 Å². The molecule has 1 unspecified atom stereocenters. The quantitative estimate of drug-likeness (QED) is 0.361. The Kier molecular flexibility index (Phi) is 11.7. The summed E-state index contributed by atoms with van der Waals surface area (Å²) in [5.41, 5.74) is 1.44. The van der Waals surface area contributed by atoms with Crippen molar-refractivity contribution in [2.45, 2.75) is 58.5 Å². The number of sulfonamides is 1. The Labute approximate surface area is 215 Å². The van der Waals surface area contributed by atoms with Gasteiger partial charge < -0.3 is 15.0 Å². The number of rotatable bonds is 15. The number of methoxy groups -OCH3 is 1. The maximum absolute atomic E-state index is 13.4. The molecule has 2 aromatic rings. The SMILES string of the molecule is CCCCNC(=O)C(CC)N(Cc1ccccc1)C(=O)CCCN(c1ccc(OC)cc1)S(C)(=O)=O. The molecule has 0 aliphatic carbocycles. The number of benzene rings is 2. The molecule has 0 spiro atoms. The highest BCUT2D eigenvalue weighted by Crippen LogP contribution is 2.22. The Morgan fingerprint density at radius 2 is 1.67 bits per heavy atom. The highest BCUT2D eigenvalue weighted by molar-refractivity contribution is 7.92. The number of carbonyl (C=O) groups excluding carboxylic acids is 2. The van der Waals surface area contributed by atoms with Gasteiger partial charge in [-0.2, -0.15) is 0 Å². The highest BCUT2D eigenvalue weighted by Gasteiger charge is 2.28. The van der Waals surface area contributed by atoms with E-state index in [1.54, 1.807) is 36.3 Å². The summed E-state index contributed by atoms with van der Waals surface area (Å²) < 4.78 is 31.3. The Balaban J connectivity index is 2.15. The fourth-order valence-corrected chi connectivity index (χ4v) is 4.92. The predicted molar refractivity (Wildman–Crippen MR) is 143 cm³/mol. The Morgan fingerprint density at radius 3 is 2.22 bits per heavy atom. The molecule has 2 rings (SSSR count). The molecule has 0 bridgehead atoms. The zero-order valence-electron chi connectivity index (χ0n) is 21.8. The lowest BCUT2D eigenvalue weighted by molar-refractivity contribution is -0.141. The third kappa shape index (κ3) is 8.86. The second-order valence-electron chi connectivity index (χ2n) is 8.71. The van der Waals surface area contributed by atoms with E-state index in [0.717, 1.165) is 24.7 Å². The zero-order valence-corrected chi connectivity index (χ0v) is 22.6. The lowest BCUT2D eigenvalue weighted by Crippen LogP contribution is -2.49. The first-order chi connectivity index (χ1) is 17.2. The van der Waals surface area contributed by atoms with Crippen LogP contribution >= 0.6 is 0 Å². The number of nitrogens with one attached hydrogen (secondary N) is 1. The minimum Gasteiger partial charge on any atom is -0.497 e. The van der Waals surface area contributed by atoms with Gasteiger partial charge in [0.05, 0.1) is 19.1 Å². The zero-order chi connectivity index (χ0) is 26.6. The van der Waals surface area contributed by atoms with E-state index >= 15 is 0 Å². The van der Waals surface area contributed by atoms with Gasteiger partial charge >= 0.3 is 0 Å². The number of hydrogen-bond donors (Lipinski definition) is 1. The van der Waals surface area contributed by atoms with Crippen molar-refractivity contribution in [3.05, 3.63) is 60.2 Å². The summed E-state index contributed by atoms with van der Waals surface area (Å²) >= 11 is 0.